The van der Waals surface area contributed by atoms with E-state index in [1.54, 1.807) is 0 Å². The number of carboxylic acid groups (broad SMARTS) is 2. The Balaban J connectivity index is 4.52. The van der Waals surface area contributed by atoms with Crippen LogP contribution in [-0.4, -0.2) is 58.0 Å². The monoisotopic (exact) mass is 332 g/mol. The van der Waals surface area contributed by atoms with Gasteiger partial charge in [-0.1, -0.05) is 0 Å². The number of rotatable bonds is 10. The van der Waals surface area contributed by atoms with Crippen molar-refractivity contribution in [3.8, 4) is 0 Å². The van der Waals surface area contributed by atoms with Crippen molar-refractivity contribution < 1.29 is 34.2 Å². The summed E-state index contributed by atoms with van der Waals surface area (Å²) in [5.41, 5.74) is 10.3. The van der Waals surface area contributed by atoms with Crippen LogP contribution in [0.15, 0.2) is 0 Å². The molecule has 0 rings (SSSR count). The molecule has 0 radical (unpaired) electrons. The smallest absolute Gasteiger partial charge is 0.326 e. The zero-order valence-corrected chi connectivity index (χ0v) is 12.4. The molecule has 3 amide bonds. The van der Waals surface area contributed by atoms with E-state index < -0.39 is 54.2 Å². The van der Waals surface area contributed by atoms with Gasteiger partial charge in [-0.2, -0.15) is 0 Å². The fourth-order valence-corrected chi connectivity index (χ4v) is 1.49. The molecule has 0 aliphatic rings. The molecule has 0 saturated carbocycles. The normalized spacial score (nSPS) is 14.2. The lowest BCUT2D eigenvalue weighted by molar-refractivity contribution is -0.143. The minimum Gasteiger partial charge on any atom is -0.481 e. The Morgan fingerprint density at radius 3 is 2.04 bits per heavy atom. The van der Waals surface area contributed by atoms with Gasteiger partial charge in [0.25, 0.3) is 0 Å². The molecule has 0 fully saturated rings. The van der Waals surface area contributed by atoms with Crippen LogP contribution < -0.4 is 22.1 Å². The Labute approximate surface area is 131 Å². The Bertz CT molecular complexity index is 494. The highest BCUT2D eigenvalue weighted by Crippen LogP contribution is 1.97. The second kappa shape index (κ2) is 9.35. The molecule has 3 unspecified atom stereocenters. The maximum absolute atomic E-state index is 11.8. The minimum atomic E-state index is -1.51. The number of amides is 3. The van der Waals surface area contributed by atoms with Crippen molar-refractivity contribution in [2.75, 3.05) is 0 Å². The molecule has 11 heteroatoms. The highest BCUT2D eigenvalue weighted by molar-refractivity contribution is 5.93. The Hall–Kier alpha value is -2.69. The summed E-state index contributed by atoms with van der Waals surface area (Å²) in [6.07, 6.45) is -1.02. The van der Waals surface area contributed by atoms with Crippen molar-refractivity contribution in [2.45, 2.75) is 44.3 Å². The summed E-state index contributed by atoms with van der Waals surface area (Å²) >= 11 is 0. The second-order valence-corrected chi connectivity index (χ2v) is 4.84. The van der Waals surface area contributed by atoms with Gasteiger partial charge in [-0.25, -0.2) is 4.79 Å². The molecular formula is C12H20N4O7. The lowest BCUT2D eigenvalue weighted by Gasteiger charge is -2.19. The molecule has 0 aromatic carbocycles. The topological polar surface area (TPSA) is 202 Å². The SMILES string of the molecule is CC(NC(=O)C(N)CCC(=O)O)C(=O)NC(CC(N)=O)C(=O)O. The van der Waals surface area contributed by atoms with E-state index >= 15 is 0 Å². The van der Waals surface area contributed by atoms with Gasteiger partial charge >= 0.3 is 11.9 Å². The van der Waals surface area contributed by atoms with E-state index in [-0.39, 0.29) is 12.8 Å². The molecule has 130 valence electrons. The average molecular weight is 332 g/mol. The van der Waals surface area contributed by atoms with Crippen molar-refractivity contribution in [3.05, 3.63) is 0 Å². The summed E-state index contributed by atoms with van der Waals surface area (Å²) in [4.78, 5) is 55.5. The standard InChI is InChI=1S/C12H20N4O7/c1-5(15-11(21)6(13)2-3-9(18)19)10(20)16-7(12(22)23)4-8(14)17/h5-7H,2-4,13H2,1H3,(H2,14,17)(H,15,21)(H,16,20)(H,18,19)(H,22,23). The van der Waals surface area contributed by atoms with Gasteiger partial charge in [-0.3, -0.25) is 19.2 Å². The van der Waals surface area contributed by atoms with Gasteiger partial charge in [-0.05, 0) is 13.3 Å². The fourth-order valence-electron chi connectivity index (χ4n) is 1.49. The molecule has 0 aliphatic heterocycles. The van der Waals surface area contributed by atoms with E-state index in [1.165, 1.54) is 6.92 Å². The van der Waals surface area contributed by atoms with Gasteiger partial charge < -0.3 is 32.3 Å². The van der Waals surface area contributed by atoms with Crippen LogP contribution in [0, 0.1) is 0 Å². The zero-order chi connectivity index (χ0) is 18.2. The third kappa shape index (κ3) is 8.36. The highest BCUT2D eigenvalue weighted by Gasteiger charge is 2.26. The maximum Gasteiger partial charge on any atom is 0.326 e. The molecule has 0 saturated heterocycles. The van der Waals surface area contributed by atoms with Crippen molar-refractivity contribution >= 4 is 29.7 Å². The van der Waals surface area contributed by atoms with E-state index in [2.05, 4.69) is 10.6 Å². The molecule has 23 heavy (non-hydrogen) atoms. The van der Waals surface area contributed by atoms with Crippen LogP contribution in [0.4, 0.5) is 0 Å². The van der Waals surface area contributed by atoms with Crippen molar-refractivity contribution in [1.29, 1.82) is 0 Å². The molecule has 0 aromatic heterocycles. The first-order chi connectivity index (χ1) is 10.5. The lowest BCUT2D eigenvalue weighted by atomic mass is 10.1. The number of nitrogens with two attached hydrogens (primary N) is 2. The molecule has 3 atom stereocenters. The largest absolute Gasteiger partial charge is 0.481 e. The van der Waals surface area contributed by atoms with Crippen LogP contribution in [0.1, 0.15) is 26.2 Å². The average Bonchev–Trinajstić information content (AvgIpc) is 2.42. The molecular weight excluding hydrogens is 312 g/mol. The van der Waals surface area contributed by atoms with Crippen molar-refractivity contribution in [2.24, 2.45) is 11.5 Å². The summed E-state index contributed by atoms with van der Waals surface area (Å²) < 4.78 is 0. The highest BCUT2D eigenvalue weighted by atomic mass is 16.4. The number of aliphatic carboxylic acids is 2. The fraction of sp³-hybridized carbons (Fsp3) is 0.583. The van der Waals surface area contributed by atoms with E-state index in [4.69, 9.17) is 21.7 Å². The second-order valence-electron chi connectivity index (χ2n) is 4.84. The molecule has 11 nitrogen and oxygen atoms in total. The number of carboxylic acids is 2. The number of nitrogens with one attached hydrogen (secondary N) is 2. The molecule has 0 aromatic rings. The van der Waals surface area contributed by atoms with E-state index in [0.29, 0.717) is 0 Å². The number of hydrogen-bond donors (Lipinski definition) is 6. The van der Waals surface area contributed by atoms with Crippen LogP contribution >= 0.6 is 0 Å². The molecule has 0 heterocycles. The third-order valence-corrected chi connectivity index (χ3v) is 2.78. The Kier molecular flexibility index (Phi) is 8.26. The first kappa shape index (κ1) is 20.3. The maximum atomic E-state index is 11.8. The van der Waals surface area contributed by atoms with Crippen LogP contribution in [0.5, 0.6) is 0 Å². The molecule has 0 aliphatic carbocycles. The Morgan fingerprint density at radius 1 is 1.04 bits per heavy atom. The van der Waals surface area contributed by atoms with Gasteiger partial charge in [0.05, 0.1) is 12.5 Å². The number of primary amides is 1. The minimum absolute atomic E-state index is 0.116. The molecule has 8 N–H and O–H groups in total. The van der Waals surface area contributed by atoms with Crippen molar-refractivity contribution in [1.82, 2.24) is 10.6 Å². The quantitative estimate of drug-likeness (QED) is 0.245. The molecule has 0 spiro atoms. The first-order valence-corrected chi connectivity index (χ1v) is 6.63. The summed E-state index contributed by atoms with van der Waals surface area (Å²) in [7, 11) is 0. The predicted octanol–water partition coefficient (Wildman–Crippen LogP) is -2.87. The number of carbonyl (C=O) groups excluding carboxylic acids is 3. The van der Waals surface area contributed by atoms with Gasteiger partial charge in [0.15, 0.2) is 0 Å². The Morgan fingerprint density at radius 2 is 1.61 bits per heavy atom. The van der Waals surface area contributed by atoms with E-state index in [9.17, 15) is 24.0 Å². The van der Waals surface area contributed by atoms with Crippen LogP contribution in [0.2, 0.25) is 0 Å². The summed E-state index contributed by atoms with van der Waals surface area (Å²) in [5, 5.41) is 21.6. The van der Waals surface area contributed by atoms with Crippen LogP contribution in [0.25, 0.3) is 0 Å². The van der Waals surface area contributed by atoms with Gasteiger partial charge in [0.1, 0.15) is 12.1 Å². The predicted molar refractivity (Wildman–Crippen MR) is 75.8 cm³/mol. The summed E-state index contributed by atoms with van der Waals surface area (Å²) in [5.74, 6) is -5.08. The first-order valence-electron chi connectivity index (χ1n) is 6.63. The van der Waals surface area contributed by atoms with Gasteiger partial charge in [0, 0.05) is 6.42 Å². The van der Waals surface area contributed by atoms with Crippen LogP contribution in [-0.2, 0) is 24.0 Å². The zero-order valence-electron chi connectivity index (χ0n) is 12.4. The molecule has 0 bridgehead atoms. The number of carbonyl (C=O) groups is 5. The van der Waals surface area contributed by atoms with Gasteiger partial charge in [0.2, 0.25) is 17.7 Å². The van der Waals surface area contributed by atoms with Gasteiger partial charge in [-0.15, -0.1) is 0 Å². The van der Waals surface area contributed by atoms with E-state index in [1.807, 2.05) is 0 Å². The summed E-state index contributed by atoms with van der Waals surface area (Å²) in [6, 6.07) is -3.77. The lowest BCUT2D eigenvalue weighted by Crippen LogP contribution is -2.53. The number of hydrogen-bond acceptors (Lipinski definition) is 6. The van der Waals surface area contributed by atoms with E-state index in [0.717, 1.165) is 0 Å². The third-order valence-electron chi connectivity index (χ3n) is 2.78. The van der Waals surface area contributed by atoms with Crippen LogP contribution in [0.3, 0.4) is 0 Å². The van der Waals surface area contributed by atoms with Crippen molar-refractivity contribution in [3.63, 3.8) is 0 Å². The summed E-state index contributed by atoms with van der Waals surface area (Å²) in [6.45, 7) is 1.28.